The number of hydroxylamine groups is 2. The summed E-state index contributed by atoms with van der Waals surface area (Å²) < 4.78 is 0. The summed E-state index contributed by atoms with van der Waals surface area (Å²) in [6, 6.07) is 9.90. The predicted octanol–water partition coefficient (Wildman–Crippen LogP) is 4.15. The zero-order valence-corrected chi connectivity index (χ0v) is 16.2. The minimum absolute atomic E-state index is 0.0291. The van der Waals surface area contributed by atoms with Gasteiger partial charge in [-0.05, 0) is 52.0 Å². The van der Waals surface area contributed by atoms with E-state index in [1.54, 1.807) is 0 Å². The van der Waals surface area contributed by atoms with E-state index >= 15 is 0 Å². The zero-order valence-electron chi connectivity index (χ0n) is 16.2. The molecule has 0 aliphatic carbocycles. The molecule has 1 aromatic rings. The van der Waals surface area contributed by atoms with Crippen molar-refractivity contribution in [3.8, 4) is 0 Å². The standard InChI is InChI=1S/C20H33N3O2/c1-6-20(7-2)14-17(22-18(21)24)13-19(4,5)23(20)25-15(3)16-11-9-8-10-12-16/h8-12,15,17H,6-7,13-14H2,1-5H3,(H3,21,22,24). The van der Waals surface area contributed by atoms with Gasteiger partial charge in [-0.15, -0.1) is 0 Å². The van der Waals surface area contributed by atoms with Crippen LogP contribution in [0.15, 0.2) is 30.3 Å². The van der Waals surface area contributed by atoms with E-state index in [-0.39, 0.29) is 23.2 Å². The van der Waals surface area contributed by atoms with Gasteiger partial charge < -0.3 is 11.1 Å². The molecular weight excluding hydrogens is 314 g/mol. The number of benzene rings is 1. The summed E-state index contributed by atoms with van der Waals surface area (Å²) in [5.74, 6) is 0. The number of carbonyl (C=O) groups is 1. The predicted molar refractivity (Wildman–Crippen MR) is 101 cm³/mol. The summed E-state index contributed by atoms with van der Waals surface area (Å²) >= 11 is 0. The Kier molecular flexibility index (Phi) is 6.12. The third-order valence-corrected chi connectivity index (χ3v) is 5.55. The Bertz CT molecular complexity index is 570. The Balaban J connectivity index is 2.28. The molecule has 1 heterocycles. The van der Waals surface area contributed by atoms with E-state index in [9.17, 15) is 4.79 Å². The molecule has 140 valence electrons. The summed E-state index contributed by atoms with van der Waals surface area (Å²) in [6.07, 6.45) is 3.52. The van der Waals surface area contributed by atoms with Crippen LogP contribution < -0.4 is 11.1 Å². The Morgan fingerprint density at radius 2 is 1.88 bits per heavy atom. The van der Waals surface area contributed by atoms with Gasteiger partial charge in [-0.2, -0.15) is 5.06 Å². The van der Waals surface area contributed by atoms with Crippen LogP contribution >= 0.6 is 0 Å². The van der Waals surface area contributed by atoms with E-state index < -0.39 is 6.03 Å². The first-order valence-corrected chi connectivity index (χ1v) is 9.32. The summed E-state index contributed by atoms with van der Waals surface area (Å²) in [5, 5.41) is 5.13. The molecule has 1 aromatic carbocycles. The highest BCUT2D eigenvalue weighted by molar-refractivity contribution is 5.72. The number of piperidine rings is 1. The topological polar surface area (TPSA) is 67.6 Å². The molecule has 2 amide bonds. The zero-order chi connectivity index (χ0) is 18.7. The second-order valence-electron chi connectivity index (χ2n) is 7.81. The van der Waals surface area contributed by atoms with Gasteiger partial charge in [-0.25, -0.2) is 4.79 Å². The monoisotopic (exact) mass is 347 g/mol. The number of hydrogen-bond donors (Lipinski definition) is 2. The minimum atomic E-state index is -0.450. The third-order valence-electron chi connectivity index (χ3n) is 5.55. The van der Waals surface area contributed by atoms with E-state index in [2.05, 4.69) is 57.1 Å². The van der Waals surface area contributed by atoms with E-state index in [0.29, 0.717) is 0 Å². The van der Waals surface area contributed by atoms with Crippen molar-refractivity contribution in [2.75, 3.05) is 0 Å². The van der Waals surface area contributed by atoms with Crippen LogP contribution in [0.1, 0.15) is 72.0 Å². The smallest absolute Gasteiger partial charge is 0.312 e. The van der Waals surface area contributed by atoms with Crippen molar-refractivity contribution in [2.45, 2.75) is 83.5 Å². The Hall–Kier alpha value is -1.59. The number of amides is 2. The van der Waals surface area contributed by atoms with Gasteiger partial charge in [0.25, 0.3) is 0 Å². The maximum absolute atomic E-state index is 11.4. The molecule has 0 aromatic heterocycles. The first-order valence-electron chi connectivity index (χ1n) is 9.32. The van der Waals surface area contributed by atoms with E-state index in [4.69, 9.17) is 10.6 Å². The summed E-state index contributed by atoms with van der Waals surface area (Å²) in [7, 11) is 0. The molecule has 1 aliphatic heterocycles. The molecule has 1 fully saturated rings. The van der Waals surface area contributed by atoms with Crippen molar-refractivity contribution < 1.29 is 9.63 Å². The molecule has 3 N–H and O–H groups in total. The lowest BCUT2D eigenvalue weighted by Gasteiger charge is -2.57. The molecule has 1 saturated heterocycles. The number of hydrogen-bond acceptors (Lipinski definition) is 3. The molecule has 5 heteroatoms. The number of primary amides is 1. The first-order chi connectivity index (χ1) is 11.7. The fourth-order valence-corrected chi connectivity index (χ4v) is 4.27. The fourth-order valence-electron chi connectivity index (χ4n) is 4.27. The highest BCUT2D eigenvalue weighted by Crippen LogP contribution is 2.44. The molecule has 2 unspecified atom stereocenters. The molecule has 2 rings (SSSR count). The lowest BCUT2D eigenvalue weighted by molar-refractivity contribution is -0.316. The van der Waals surface area contributed by atoms with Gasteiger partial charge in [0.2, 0.25) is 0 Å². The van der Waals surface area contributed by atoms with Crippen molar-refractivity contribution in [2.24, 2.45) is 5.73 Å². The maximum atomic E-state index is 11.4. The van der Waals surface area contributed by atoms with Crippen molar-refractivity contribution in [1.29, 1.82) is 0 Å². The number of nitrogens with zero attached hydrogens (tertiary/aromatic N) is 1. The van der Waals surface area contributed by atoms with Crippen molar-refractivity contribution in [3.05, 3.63) is 35.9 Å². The average molecular weight is 348 g/mol. The Morgan fingerprint density at radius 1 is 1.28 bits per heavy atom. The van der Waals surface area contributed by atoms with E-state index in [1.807, 2.05) is 18.2 Å². The van der Waals surface area contributed by atoms with Crippen LogP contribution in [0.5, 0.6) is 0 Å². The SMILES string of the molecule is CCC1(CC)CC(NC(N)=O)CC(C)(C)N1OC(C)c1ccccc1. The molecule has 1 aliphatic rings. The largest absolute Gasteiger partial charge is 0.352 e. The van der Waals surface area contributed by atoms with Crippen LogP contribution in [0, 0.1) is 0 Å². The van der Waals surface area contributed by atoms with Crippen LogP contribution in [0.4, 0.5) is 4.79 Å². The highest BCUT2D eigenvalue weighted by Gasteiger charge is 2.50. The van der Waals surface area contributed by atoms with Gasteiger partial charge in [0.05, 0.1) is 0 Å². The Morgan fingerprint density at radius 3 is 2.40 bits per heavy atom. The number of nitrogens with one attached hydrogen (secondary N) is 1. The van der Waals surface area contributed by atoms with Gasteiger partial charge in [0.15, 0.2) is 0 Å². The lowest BCUT2D eigenvalue weighted by Crippen LogP contribution is -2.66. The average Bonchev–Trinajstić information content (AvgIpc) is 2.56. The van der Waals surface area contributed by atoms with Crippen LogP contribution in [-0.4, -0.2) is 28.2 Å². The lowest BCUT2D eigenvalue weighted by atomic mass is 9.74. The van der Waals surface area contributed by atoms with Crippen molar-refractivity contribution in [3.63, 3.8) is 0 Å². The quantitative estimate of drug-likeness (QED) is 0.812. The van der Waals surface area contributed by atoms with E-state index in [0.717, 1.165) is 31.2 Å². The number of rotatable bonds is 6. The molecule has 0 bridgehead atoms. The number of urea groups is 1. The van der Waals surface area contributed by atoms with Crippen LogP contribution in [0.2, 0.25) is 0 Å². The van der Waals surface area contributed by atoms with Gasteiger partial charge in [-0.1, -0.05) is 44.2 Å². The minimum Gasteiger partial charge on any atom is -0.352 e. The number of nitrogens with two attached hydrogens (primary N) is 1. The normalized spacial score (nSPS) is 23.8. The van der Waals surface area contributed by atoms with Gasteiger partial charge >= 0.3 is 6.03 Å². The van der Waals surface area contributed by atoms with Crippen molar-refractivity contribution >= 4 is 6.03 Å². The number of carbonyl (C=O) groups excluding carboxylic acids is 1. The molecular formula is C20H33N3O2. The van der Waals surface area contributed by atoms with Gasteiger partial charge in [-0.3, -0.25) is 4.84 Å². The highest BCUT2D eigenvalue weighted by atomic mass is 16.7. The fraction of sp³-hybridized carbons (Fsp3) is 0.650. The molecule has 25 heavy (non-hydrogen) atoms. The Labute approximate surface area is 151 Å². The summed E-state index contributed by atoms with van der Waals surface area (Å²) in [4.78, 5) is 17.9. The second kappa shape index (κ2) is 7.75. The molecule has 0 saturated carbocycles. The van der Waals surface area contributed by atoms with Crippen molar-refractivity contribution in [1.82, 2.24) is 10.4 Å². The van der Waals surface area contributed by atoms with Crippen LogP contribution in [0.25, 0.3) is 0 Å². The van der Waals surface area contributed by atoms with Crippen LogP contribution in [-0.2, 0) is 4.84 Å². The van der Waals surface area contributed by atoms with E-state index in [1.165, 1.54) is 0 Å². The molecule has 0 spiro atoms. The molecule has 5 nitrogen and oxygen atoms in total. The summed E-state index contributed by atoms with van der Waals surface area (Å²) in [5.41, 5.74) is 6.21. The van der Waals surface area contributed by atoms with Gasteiger partial charge in [0, 0.05) is 17.1 Å². The summed E-state index contributed by atoms with van der Waals surface area (Å²) in [6.45, 7) is 10.8. The maximum Gasteiger partial charge on any atom is 0.312 e. The molecule has 2 atom stereocenters. The first kappa shape index (κ1) is 19.7. The van der Waals surface area contributed by atoms with Gasteiger partial charge in [0.1, 0.15) is 6.10 Å². The van der Waals surface area contributed by atoms with Crippen LogP contribution in [0.3, 0.4) is 0 Å². The second-order valence-corrected chi connectivity index (χ2v) is 7.81. The molecule has 0 radical (unpaired) electrons. The third kappa shape index (κ3) is 4.33.